The first-order valence-corrected chi connectivity index (χ1v) is 4.16. The zero-order valence-corrected chi connectivity index (χ0v) is 7.59. The molecular weight excluding hydrogens is 168 g/mol. The van der Waals surface area contributed by atoms with Crippen molar-refractivity contribution in [3.63, 3.8) is 0 Å². The Hall–Kier alpha value is 0.869. The van der Waals surface area contributed by atoms with Crippen molar-refractivity contribution < 1.29 is 17.1 Å². The van der Waals surface area contributed by atoms with Crippen molar-refractivity contribution in [2.45, 2.75) is 19.8 Å². The summed E-state index contributed by atoms with van der Waals surface area (Å²) >= 11 is 1.75. The summed E-state index contributed by atoms with van der Waals surface area (Å²) in [5, 5.41) is 0. The van der Waals surface area contributed by atoms with E-state index in [0.29, 0.717) is 0 Å². The number of hydrogen-bond acceptors (Lipinski definition) is 1. The molecule has 0 spiro atoms. The van der Waals surface area contributed by atoms with E-state index in [1.165, 1.54) is 6.42 Å². The molecule has 2 heteroatoms. The summed E-state index contributed by atoms with van der Waals surface area (Å²) in [6.45, 7) is 5.72. The van der Waals surface area contributed by atoms with Crippen molar-refractivity contribution in [1.29, 1.82) is 0 Å². The molecule has 0 aliphatic heterocycles. The van der Waals surface area contributed by atoms with Crippen LogP contribution in [0.4, 0.5) is 0 Å². The van der Waals surface area contributed by atoms with Gasteiger partial charge in [-0.15, -0.1) is 0 Å². The molecule has 0 aliphatic rings. The molecule has 0 bridgehead atoms. The fraction of sp³-hybridized carbons (Fsp3) is 0.833. The molecule has 8 heavy (non-hydrogen) atoms. The average Bonchev–Trinajstić information content (AvgIpc) is 1.69. The Morgan fingerprint density at radius 2 is 1.50 bits per heavy atom. The largest absolute Gasteiger partial charge is 1.00 e. The van der Waals surface area contributed by atoms with Gasteiger partial charge >= 0.3 is 17.1 Å². The first kappa shape index (κ1) is 15.9. The zero-order chi connectivity index (χ0) is 6.12. The van der Waals surface area contributed by atoms with Gasteiger partial charge in [0.1, 0.15) is 0 Å². The molecule has 0 aromatic rings. The predicted octanol–water partition coefficient (Wildman–Crippen LogP) is 2.60. The average molecular weight is 183 g/mol. The van der Waals surface area contributed by atoms with Crippen LogP contribution in [0.15, 0.2) is 0 Å². The van der Waals surface area contributed by atoms with Crippen LogP contribution in [0.3, 0.4) is 0 Å². The first-order chi connectivity index (χ1) is 3.33. The summed E-state index contributed by atoms with van der Waals surface area (Å²) in [5.74, 6) is 0. The predicted molar refractivity (Wildman–Crippen MR) is 39.7 cm³/mol. The third kappa shape index (κ3) is 67.7. The number of rotatable bonds is 1. The molecule has 0 aromatic heterocycles. The second-order valence-corrected chi connectivity index (χ2v) is 2.08. The number of thioether (sulfide) groups is 1. The minimum absolute atomic E-state index is 0. The van der Waals surface area contributed by atoms with Gasteiger partial charge in [0.2, 0.25) is 0 Å². The third-order valence-electron chi connectivity index (χ3n) is 0.354. The summed E-state index contributed by atoms with van der Waals surface area (Å²) in [4.78, 5) is 0. The van der Waals surface area contributed by atoms with Gasteiger partial charge in [0.05, 0.1) is 0 Å². The Labute approximate surface area is 68.3 Å². The molecule has 0 heterocycles. The Kier molecular flexibility index (Phi) is 49.4. The van der Waals surface area contributed by atoms with Gasteiger partial charge in [0.15, 0.2) is 0 Å². The number of hydrogen-bond donors (Lipinski definition) is 0. The molecule has 0 nitrogen and oxygen atoms in total. The van der Waals surface area contributed by atoms with Gasteiger partial charge in [-0.2, -0.15) is 18.2 Å². The van der Waals surface area contributed by atoms with E-state index in [-0.39, 0.29) is 17.1 Å². The molecule has 0 saturated carbocycles. The molecule has 56 valence electrons. The molecule has 0 aromatic carbocycles. The molecule has 0 amide bonds. The minimum Gasteiger partial charge on any atom is -0.343 e. The van der Waals surface area contributed by atoms with Gasteiger partial charge in [-0.3, -0.25) is 0 Å². The summed E-state index contributed by atoms with van der Waals surface area (Å²) in [6.07, 6.45) is 6.36. The minimum atomic E-state index is 0. The Morgan fingerprint density at radius 1 is 1.38 bits per heavy atom. The van der Waals surface area contributed by atoms with Crippen LogP contribution in [0.5, 0.6) is 0 Å². The van der Waals surface area contributed by atoms with E-state index >= 15 is 0 Å². The molecule has 0 unspecified atom stereocenters. The second kappa shape index (κ2) is 24.8. The summed E-state index contributed by atoms with van der Waals surface area (Å²) in [7, 11) is 0. The topological polar surface area (TPSA) is 0 Å². The molecular formula is C6H15CuS. The van der Waals surface area contributed by atoms with Crippen molar-refractivity contribution in [1.82, 2.24) is 0 Å². The van der Waals surface area contributed by atoms with Crippen molar-refractivity contribution >= 4 is 11.8 Å². The third-order valence-corrected chi connectivity index (χ3v) is 0.354. The summed E-state index contributed by atoms with van der Waals surface area (Å²) < 4.78 is 0. The Balaban J connectivity index is -0.0000000575. The quantitative estimate of drug-likeness (QED) is 0.444. The monoisotopic (exact) mass is 182 g/mol. The molecule has 0 radical (unpaired) electrons. The van der Waals surface area contributed by atoms with Gasteiger partial charge in [0.25, 0.3) is 0 Å². The molecule has 0 rings (SSSR count). The van der Waals surface area contributed by atoms with E-state index in [2.05, 4.69) is 13.8 Å². The maximum atomic E-state index is 3.60. The van der Waals surface area contributed by atoms with E-state index in [9.17, 15) is 0 Å². The normalized spacial score (nSPS) is 6.00. The second-order valence-electron chi connectivity index (χ2n) is 1.26. The zero-order valence-electron chi connectivity index (χ0n) is 5.83. The van der Waals surface area contributed by atoms with Crippen LogP contribution in [0, 0.1) is 6.92 Å². The van der Waals surface area contributed by atoms with Gasteiger partial charge in [-0.1, -0.05) is 13.3 Å². The fourth-order valence-electron chi connectivity index (χ4n) is 0. The molecule has 0 saturated heterocycles. The van der Waals surface area contributed by atoms with E-state index < -0.39 is 0 Å². The Bertz CT molecular complexity index is 16.0. The first-order valence-electron chi connectivity index (χ1n) is 2.52. The SMILES string of the molecule is CSC.[CH2-]CCC.[Cu+]. The van der Waals surface area contributed by atoms with Crippen molar-refractivity contribution in [2.24, 2.45) is 0 Å². The number of unbranched alkanes of at least 4 members (excludes halogenated alkanes) is 1. The van der Waals surface area contributed by atoms with Gasteiger partial charge in [-0.05, 0) is 12.5 Å². The van der Waals surface area contributed by atoms with Crippen LogP contribution < -0.4 is 0 Å². The van der Waals surface area contributed by atoms with Crippen LogP contribution in [-0.4, -0.2) is 12.5 Å². The summed E-state index contributed by atoms with van der Waals surface area (Å²) in [5.41, 5.74) is 0. The van der Waals surface area contributed by atoms with Crippen molar-refractivity contribution in [3.8, 4) is 0 Å². The maximum Gasteiger partial charge on any atom is 1.00 e. The standard InChI is InChI=1S/C4H9.C2H6S.Cu/c1-3-4-2;1-3-2;/h1,3-4H2,2H3;1-2H3;/q-1;;+1. The fourth-order valence-corrected chi connectivity index (χ4v) is 0. The van der Waals surface area contributed by atoms with Crippen LogP contribution in [0.1, 0.15) is 19.8 Å². The van der Waals surface area contributed by atoms with Crippen LogP contribution in [0.2, 0.25) is 0 Å². The Morgan fingerprint density at radius 3 is 1.50 bits per heavy atom. The van der Waals surface area contributed by atoms with E-state index in [0.717, 1.165) is 6.42 Å². The van der Waals surface area contributed by atoms with Crippen LogP contribution in [-0.2, 0) is 17.1 Å². The van der Waals surface area contributed by atoms with Gasteiger partial charge < -0.3 is 6.92 Å². The molecule has 0 N–H and O–H groups in total. The van der Waals surface area contributed by atoms with Crippen molar-refractivity contribution in [2.75, 3.05) is 12.5 Å². The van der Waals surface area contributed by atoms with E-state index in [1.54, 1.807) is 11.8 Å². The molecule has 0 aliphatic carbocycles. The van der Waals surface area contributed by atoms with Crippen LogP contribution >= 0.6 is 11.8 Å². The maximum absolute atomic E-state index is 3.60. The van der Waals surface area contributed by atoms with E-state index in [4.69, 9.17) is 0 Å². The van der Waals surface area contributed by atoms with E-state index in [1.807, 2.05) is 12.5 Å². The van der Waals surface area contributed by atoms with Gasteiger partial charge in [-0.25, -0.2) is 0 Å². The van der Waals surface area contributed by atoms with Crippen molar-refractivity contribution in [3.05, 3.63) is 6.92 Å². The molecule has 0 fully saturated rings. The smallest absolute Gasteiger partial charge is 0.343 e. The van der Waals surface area contributed by atoms with Gasteiger partial charge in [0, 0.05) is 0 Å². The molecule has 0 atom stereocenters. The van der Waals surface area contributed by atoms with Crippen LogP contribution in [0.25, 0.3) is 0 Å². The summed E-state index contributed by atoms with van der Waals surface area (Å²) in [6, 6.07) is 0.